The number of hydrogen-bond donors (Lipinski definition) is 2. The van der Waals surface area contributed by atoms with Gasteiger partial charge in [0.25, 0.3) is 5.91 Å². The van der Waals surface area contributed by atoms with Crippen LogP contribution in [0.25, 0.3) is 0 Å². The molecule has 1 heterocycles. The van der Waals surface area contributed by atoms with Crippen molar-refractivity contribution < 1.29 is 14.3 Å². The van der Waals surface area contributed by atoms with Crippen LogP contribution in [0.3, 0.4) is 0 Å². The van der Waals surface area contributed by atoms with Crippen LogP contribution in [-0.4, -0.2) is 45.2 Å². The molecule has 2 N–H and O–H groups in total. The molecule has 0 aromatic heterocycles. The second kappa shape index (κ2) is 16.5. The second-order valence-corrected chi connectivity index (χ2v) is 9.78. The van der Waals surface area contributed by atoms with Gasteiger partial charge in [0.1, 0.15) is 0 Å². The van der Waals surface area contributed by atoms with Gasteiger partial charge < -0.3 is 20.3 Å². The topological polar surface area (TPSA) is 70.7 Å². The number of nitrogens with zero attached hydrogens (tertiary/aromatic N) is 1. The molecule has 0 saturated carbocycles. The van der Waals surface area contributed by atoms with Gasteiger partial charge in [0.2, 0.25) is 5.91 Å². The average molecular weight is 474 g/mol. The highest BCUT2D eigenvalue weighted by Crippen LogP contribution is 2.29. The zero-order valence-corrected chi connectivity index (χ0v) is 21.8. The Morgan fingerprint density at radius 3 is 2.29 bits per heavy atom. The van der Waals surface area contributed by atoms with Crippen LogP contribution in [-0.2, 0) is 9.53 Å². The van der Waals surface area contributed by atoms with Crippen molar-refractivity contribution in [3.05, 3.63) is 23.8 Å². The Kier molecular flexibility index (Phi) is 13.7. The lowest BCUT2D eigenvalue weighted by molar-refractivity contribution is -0.116. The molecule has 34 heavy (non-hydrogen) atoms. The normalized spacial score (nSPS) is 14.3. The van der Waals surface area contributed by atoms with E-state index in [1.54, 1.807) is 7.11 Å². The first-order chi connectivity index (χ1) is 16.5. The molecule has 0 bridgehead atoms. The molecule has 0 aliphatic carbocycles. The van der Waals surface area contributed by atoms with Crippen LogP contribution < -0.4 is 15.5 Å². The standard InChI is InChI=1S/C28H47N3O3/c1-4-5-6-7-8-9-10-11-12-13-27(32)30-24-14-15-26(31-19-16-23(2)17-20-31)25(22-24)28(33)29-18-21-34-3/h14-15,22-23H,4-13,16-21H2,1-3H3,(H,29,33)(H,30,32). The zero-order chi connectivity index (χ0) is 24.6. The monoisotopic (exact) mass is 473 g/mol. The third kappa shape index (κ3) is 10.5. The summed E-state index contributed by atoms with van der Waals surface area (Å²) in [4.78, 5) is 27.7. The molecule has 6 nitrogen and oxygen atoms in total. The number of benzene rings is 1. The van der Waals surface area contributed by atoms with Crippen LogP contribution in [0.1, 0.15) is 101 Å². The Morgan fingerprint density at radius 2 is 1.65 bits per heavy atom. The van der Waals surface area contributed by atoms with E-state index in [1.165, 1.54) is 44.9 Å². The summed E-state index contributed by atoms with van der Waals surface area (Å²) in [6, 6.07) is 5.73. The summed E-state index contributed by atoms with van der Waals surface area (Å²) < 4.78 is 5.06. The zero-order valence-electron chi connectivity index (χ0n) is 21.8. The fraction of sp³-hybridized carbons (Fsp3) is 0.714. The van der Waals surface area contributed by atoms with Crippen LogP contribution in [0.5, 0.6) is 0 Å². The Labute approximate surface area is 207 Å². The van der Waals surface area contributed by atoms with E-state index < -0.39 is 0 Å². The van der Waals surface area contributed by atoms with Crippen molar-refractivity contribution in [3.63, 3.8) is 0 Å². The Hall–Kier alpha value is -2.08. The van der Waals surface area contributed by atoms with Crippen molar-refractivity contribution in [2.45, 2.75) is 90.9 Å². The Morgan fingerprint density at radius 1 is 1.00 bits per heavy atom. The van der Waals surface area contributed by atoms with Crippen LogP contribution >= 0.6 is 0 Å². The van der Waals surface area contributed by atoms with Gasteiger partial charge >= 0.3 is 0 Å². The fourth-order valence-electron chi connectivity index (χ4n) is 4.50. The predicted octanol–water partition coefficient (Wildman–Crippen LogP) is 6.16. The van der Waals surface area contributed by atoms with Crippen molar-refractivity contribution >= 4 is 23.2 Å². The van der Waals surface area contributed by atoms with E-state index in [2.05, 4.69) is 29.4 Å². The molecule has 192 valence electrons. The summed E-state index contributed by atoms with van der Waals surface area (Å²) in [5.74, 6) is 0.615. The molecule has 6 heteroatoms. The SMILES string of the molecule is CCCCCCCCCCCC(=O)Nc1ccc(N2CCC(C)CC2)c(C(=O)NCCOC)c1. The van der Waals surface area contributed by atoms with Crippen molar-refractivity contribution in [2.75, 3.05) is 43.6 Å². The number of unbranched alkanes of at least 4 members (excludes halogenated alkanes) is 8. The number of carbonyl (C=O) groups is 2. The third-order valence-corrected chi connectivity index (χ3v) is 6.75. The smallest absolute Gasteiger partial charge is 0.253 e. The number of nitrogens with one attached hydrogen (secondary N) is 2. The molecule has 1 fully saturated rings. The largest absolute Gasteiger partial charge is 0.383 e. The maximum atomic E-state index is 12.9. The van der Waals surface area contributed by atoms with E-state index in [9.17, 15) is 9.59 Å². The lowest BCUT2D eigenvalue weighted by atomic mass is 9.97. The van der Waals surface area contributed by atoms with Gasteiger partial charge in [-0.05, 0) is 43.4 Å². The third-order valence-electron chi connectivity index (χ3n) is 6.75. The highest BCUT2D eigenvalue weighted by atomic mass is 16.5. The summed E-state index contributed by atoms with van der Waals surface area (Å²) in [6.07, 6.45) is 13.9. The minimum Gasteiger partial charge on any atom is -0.383 e. The van der Waals surface area contributed by atoms with Gasteiger partial charge in [0.05, 0.1) is 12.2 Å². The van der Waals surface area contributed by atoms with Gasteiger partial charge in [-0.3, -0.25) is 9.59 Å². The number of ether oxygens (including phenoxy) is 1. The number of carbonyl (C=O) groups excluding carboxylic acids is 2. The molecule has 1 aromatic rings. The van der Waals surface area contributed by atoms with Gasteiger partial charge in [0.15, 0.2) is 0 Å². The molecular formula is C28H47N3O3. The summed E-state index contributed by atoms with van der Waals surface area (Å²) in [5, 5.41) is 5.94. The van der Waals surface area contributed by atoms with E-state index in [1.807, 2.05) is 18.2 Å². The minimum absolute atomic E-state index is 0.0215. The first kappa shape index (κ1) is 28.2. The second-order valence-electron chi connectivity index (χ2n) is 9.78. The predicted molar refractivity (Wildman–Crippen MR) is 142 cm³/mol. The van der Waals surface area contributed by atoms with Crippen LogP contribution in [0.15, 0.2) is 18.2 Å². The highest BCUT2D eigenvalue weighted by Gasteiger charge is 2.21. The van der Waals surface area contributed by atoms with Crippen LogP contribution in [0, 0.1) is 5.92 Å². The van der Waals surface area contributed by atoms with Gasteiger partial charge in [-0.1, -0.05) is 65.2 Å². The molecule has 0 unspecified atom stereocenters. The Bertz CT molecular complexity index is 730. The first-order valence-electron chi connectivity index (χ1n) is 13.5. The van der Waals surface area contributed by atoms with Crippen molar-refractivity contribution in [3.8, 4) is 0 Å². The number of amides is 2. The molecule has 1 aliphatic heterocycles. The molecule has 2 amide bonds. The van der Waals surface area contributed by atoms with Gasteiger partial charge in [-0.25, -0.2) is 0 Å². The number of hydrogen-bond acceptors (Lipinski definition) is 4. The summed E-state index contributed by atoms with van der Waals surface area (Å²) >= 11 is 0. The van der Waals surface area contributed by atoms with Crippen LogP contribution in [0.2, 0.25) is 0 Å². The van der Waals surface area contributed by atoms with E-state index in [0.29, 0.717) is 30.8 Å². The van der Waals surface area contributed by atoms with E-state index in [0.717, 1.165) is 50.4 Å². The molecule has 2 rings (SSSR count). The molecule has 1 saturated heterocycles. The number of piperidine rings is 1. The fourth-order valence-corrected chi connectivity index (χ4v) is 4.50. The van der Waals surface area contributed by atoms with Gasteiger partial charge in [-0.2, -0.15) is 0 Å². The number of anilines is 2. The molecule has 1 aromatic carbocycles. The minimum atomic E-state index is -0.124. The van der Waals surface area contributed by atoms with E-state index in [4.69, 9.17) is 4.74 Å². The lowest BCUT2D eigenvalue weighted by Crippen LogP contribution is -2.35. The molecule has 0 spiro atoms. The van der Waals surface area contributed by atoms with E-state index in [-0.39, 0.29) is 11.8 Å². The molecule has 0 radical (unpaired) electrons. The van der Waals surface area contributed by atoms with Gasteiger partial charge in [-0.15, -0.1) is 0 Å². The van der Waals surface area contributed by atoms with Crippen molar-refractivity contribution in [1.29, 1.82) is 0 Å². The maximum Gasteiger partial charge on any atom is 0.253 e. The molecule has 1 aliphatic rings. The van der Waals surface area contributed by atoms with E-state index >= 15 is 0 Å². The number of methoxy groups -OCH3 is 1. The average Bonchev–Trinajstić information content (AvgIpc) is 2.83. The van der Waals surface area contributed by atoms with Gasteiger partial charge in [0, 0.05) is 44.5 Å². The highest BCUT2D eigenvalue weighted by molar-refractivity contribution is 6.02. The van der Waals surface area contributed by atoms with Crippen LogP contribution in [0.4, 0.5) is 11.4 Å². The van der Waals surface area contributed by atoms with Crippen molar-refractivity contribution in [2.24, 2.45) is 5.92 Å². The maximum absolute atomic E-state index is 12.9. The summed E-state index contributed by atoms with van der Waals surface area (Å²) in [7, 11) is 1.62. The Balaban J connectivity index is 1.87. The quantitative estimate of drug-likeness (QED) is 0.282. The van der Waals surface area contributed by atoms with Crippen molar-refractivity contribution in [1.82, 2.24) is 5.32 Å². The lowest BCUT2D eigenvalue weighted by Gasteiger charge is -2.33. The molecular weight excluding hydrogens is 426 g/mol. The first-order valence-corrected chi connectivity index (χ1v) is 13.5. The summed E-state index contributed by atoms with van der Waals surface area (Å²) in [5.41, 5.74) is 2.25. The summed E-state index contributed by atoms with van der Waals surface area (Å²) in [6.45, 7) is 7.35. The number of rotatable bonds is 16. The molecule has 0 atom stereocenters.